The first kappa shape index (κ1) is 40.1. The summed E-state index contributed by atoms with van der Waals surface area (Å²) in [7, 11) is -2.80. The highest BCUT2D eigenvalue weighted by Crippen LogP contribution is 2.44. The SMILES string of the molecule is c1ccc(-n2c3ccccc3c3cc(-c4cccc5c6ccccc6n(-c6cccc7c6c6ccccc6n7-c6cccc([Si](c7ccccc7)(c7ccccc7)c7ccccc7)c6)c45)ccc32)cc1. The fourth-order valence-electron chi connectivity index (χ4n) is 11.9. The Morgan fingerprint density at radius 3 is 1.36 bits per heavy atom. The van der Waals surface area contributed by atoms with E-state index in [-0.39, 0.29) is 0 Å². The predicted octanol–water partition coefficient (Wildman–Crippen LogP) is 14.0. The molecule has 0 aliphatic carbocycles. The highest BCUT2D eigenvalue weighted by molar-refractivity contribution is 7.19. The van der Waals surface area contributed by atoms with Crippen LogP contribution in [0.1, 0.15) is 0 Å². The zero-order chi connectivity index (χ0) is 46.2. The first-order chi connectivity index (χ1) is 34.8. The molecule has 0 N–H and O–H groups in total. The normalized spacial score (nSPS) is 12.0. The third-order valence-corrected chi connectivity index (χ3v) is 19.5. The minimum absolute atomic E-state index is 1.14. The van der Waals surface area contributed by atoms with Gasteiger partial charge in [-0.15, -0.1) is 0 Å². The lowest BCUT2D eigenvalue weighted by Gasteiger charge is -2.34. The number of para-hydroxylation sites is 5. The fourth-order valence-corrected chi connectivity index (χ4v) is 16.7. The van der Waals surface area contributed by atoms with Gasteiger partial charge in [-0.3, -0.25) is 0 Å². The maximum atomic E-state index is 2.55. The van der Waals surface area contributed by atoms with Gasteiger partial charge in [0.25, 0.3) is 0 Å². The van der Waals surface area contributed by atoms with Crippen molar-refractivity contribution in [2.45, 2.75) is 0 Å². The molecule has 328 valence electrons. The van der Waals surface area contributed by atoms with Crippen molar-refractivity contribution in [3.8, 4) is 28.2 Å². The van der Waals surface area contributed by atoms with Crippen LogP contribution < -0.4 is 20.7 Å². The molecule has 11 aromatic carbocycles. The topological polar surface area (TPSA) is 14.8 Å². The molecule has 0 aliphatic heterocycles. The van der Waals surface area contributed by atoms with E-state index in [1.165, 1.54) is 97.3 Å². The number of hydrogen-bond acceptors (Lipinski definition) is 0. The summed E-state index contributed by atoms with van der Waals surface area (Å²) in [5.74, 6) is 0. The van der Waals surface area contributed by atoms with Crippen molar-refractivity contribution in [3.05, 3.63) is 273 Å². The Labute approximate surface area is 407 Å². The molecule has 14 aromatic rings. The van der Waals surface area contributed by atoms with Crippen LogP contribution in [0.4, 0.5) is 0 Å². The van der Waals surface area contributed by atoms with Crippen molar-refractivity contribution in [3.63, 3.8) is 0 Å². The minimum Gasteiger partial charge on any atom is -0.309 e. The molecule has 14 rings (SSSR count). The van der Waals surface area contributed by atoms with Gasteiger partial charge in [-0.25, -0.2) is 0 Å². The number of benzene rings is 11. The van der Waals surface area contributed by atoms with Crippen LogP contribution in [-0.4, -0.2) is 21.8 Å². The molecule has 70 heavy (non-hydrogen) atoms. The molecule has 0 radical (unpaired) electrons. The molecule has 0 aliphatic rings. The van der Waals surface area contributed by atoms with E-state index in [0.29, 0.717) is 0 Å². The largest absolute Gasteiger partial charge is 0.309 e. The molecule has 0 bridgehead atoms. The Hall–Kier alpha value is -8.96. The van der Waals surface area contributed by atoms with E-state index in [1.54, 1.807) is 0 Å². The van der Waals surface area contributed by atoms with Crippen LogP contribution in [0.25, 0.3) is 93.6 Å². The number of fused-ring (bicyclic) bond motifs is 9. The van der Waals surface area contributed by atoms with E-state index in [1.807, 2.05) is 0 Å². The lowest BCUT2D eigenvalue weighted by Crippen LogP contribution is -2.74. The van der Waals surface area contributed by atoms with Crippen molar-refractivity contribution in [2.24, 2.45) is 0 Å². The summed E-state index contributed by atoms with van der Waals surface area (Å²) in [6.45, 7) is 0. The smallest absolute Gasteiger partial charge is 0.179 e. The van der Waals surface area contributed by atoms with E-state index in [2.05, 4.69) is 287 Å². The second kappa shape index (κ2) is 16.1. The number of hydrogen-bond donors (Lipinski definition) is 0. The molecule has 0 saturated heterocycles. The summed E-state index contributed by atoms with van der Waals surface area (Å²) >= 11 is 0. The van der Waals surface area contributed by atoms with E-state index in [0.717, 1.165) is 17.1 Å². The summed E-state index contributed by atoms with van der Waals surface area (Å²) in [5.41, 5.74) is 13.0. The third kappa shape index (κ3) is 5.94. The molecular formula is C66H45N3Si. The Balaban J connectivity index is 1.02. The van der Waals surface area contributed by atoms with Crippen LogP contribution in [0.5, 0.6) is 0 Å². The van der Waals surface area contributed by atoms with Crippen molar-refractivity contribution in [1.29, 1.82) is 0 Å². The lowest BCUT2D eigenvalue weighted by molar-refractivity contribution is 1.17. The van der Waals surface area contributed by atoms with Gasteiger partial charge >= 0.3 is 0 Å². The second-order valence-electron chi connectivity index (χ2n) is 18.4. The summed E-state index contributed by atoms with van der Waals surface area (Å²) in [6.07, 6.45) is 0. The fraction of sp³-hybridized carbons (Fsp3) is 0. The maximum absolute atomic E-state index is 2.80. The predicted molar refractivity (Wildman–Crippen MR) is 299 cm³/mol. The van der Waals surface area contributed by atoms with Gasteiger partial charge in [0.05, 0.1) is 38.8 Å². The summed E-state index contributed by atoms with van der Waals surface area (Å²) in [4.78, 5) is 0. The standard InChI is InChI=1S/C66H45N3Si/c1-5-22-47(23-6-1)67-59-37-16-14-33-55(59)58-44-46(42-43-62(58)67)53-35-20-36-56-54-32-13-17-38-60(54)69(66(53)56)64-41-21-40-63-65(64)57-34-15-18-39-61(57)68(63)48-24-19-31-52(45-48)70(49-25-7-2-8-26-49,50-27-9-3-10-28-50)51-29-11-4-12-30-51/h1-45H. The maximum Gasteiger partial charge on any atom is 0.179 e. The van der Waals surface area contributed by atoms with E-state index >= 15 is 0 Å². The average Bonchev–Trinajstić information content (AvgIpc) is 4.08. The summed E-state index contributed by atoms with van der Waals surface area (Å²) in [6, 6.07) is 101. The van der Waals surface area contributed by atoms with Crippen molar-refractivity contribution >= 4 is 94.2 Å². The Kier molecular flexibility index (Phi) is 9.23. The summed E-state index contributed by atoms with van der Waals surface area (Å²) in [5, 5.41) is 12.8. The van der Waals surface area contributed by atoms with Crippen molar-refractivity contribution in [1.82, 2.24) is 13.7 Å². The second-order valence-corrected chi connectivity index (χ2v) is 22.2. The van der Waals surface area contributed by atoms with Gasteiger partial charge < -0.3 is 13.7 Å². The molecular weight excluding hydrogens is 863 g/mol. The van der Waals surface area contributed by atoms with Gasteiger partial charge in [0, 0.05) is 49.3 Å². The lowest BCUT2D eigenvalue weighted by atomic mass is 9.99. The van der Waals surface area contributed by atoms with E-state index in [4.69, 9.17) is 0 Å². The molecule has 0 saturated carbocycles. The van der Waals surface area contributed by atoms with Crippen LogP contribution in [0.2, 0.25) is 0 Å². The molecule has 4 heteroatoms. The van der Waals surface area contributed by atoms with Crippen LogP contribution in [0.3, 0.4) is 0 Å². The van der Waals surface area contributed by atoms with E-state index < -0.39 is 8.07 Å². The van der Waals surface area contributed by atoms with Crippen LogP contribution in [0, 0.1) is 0 Å². The van der Waals surface area contributed by atoms with Gasteiger partial charge in [-0.05, 0) is 93.0 Å². The van der Waals surface area contributed by atoms with Crippen LogP contribution >= 0.6 is 0 Å². The first-order valence-electron chi connectivity index (χ1n) is 24.2. The quantitative estimate of drug-likeness (QED) is 0.107. The number of rotatable bonds is 8. The monoisotopic (exact) mass is 907 g/mol. The summed E-state index contributed by atoms with van der Waals surface area (Å²) < 4.78 is 7.44. The molecule has 3 aromatic heterocycles. The van der Waals surface area contributed by atoms with Gasteiger partial charge in [-0.1, -0.05) is 206 Å². The van der Waals surface area contributed by atoms with Gasteiger partial charge in [0.2, 0.25) is 0 Å². The molecule has 3 nitrogen and oxygen atoms in total. The minimum atomic E-state index is -2.80. The van der Waals surface area contributed by atoms with Gasteiger partial charge in [0.1, 0.15) is 0 Å². The highest BCUT2D eigenvalue weighted by atomic mass is 28.3. The molecule has 0 fully saturated rings. The van der Waals surface area contributed by atoms with Crippen molar-refractivity contribution in [2.75, 3.05) is 0 Å². The van der Waals surface area contributed by atoms with Gasteiger partial charge in [0.15, 0.2) is 8.07 Å². The first-order valence-corrected chi connectivity index (χ1v) is 26.2. The zero-order valence-corrected chi connectivity index (χ0v) is 39.3. The third-order valence-electron chi connectivity index (χ3n) is 14.8. The highest BCUT2D eigenvalue weighted by Gasteiger charge is 2.41. The average molecular weight is 908 g/mol. The van der Waals surface area contributed by atoms with Gasteiger partial charge in [-0.2, -0.15) is 0 Å². The molecule has 0 amide bonds. The molecule has 3 heterocycles. The zero-order valence-electron chi connectivity index (χ0n) is 38.3. The van der Waals surface area contributed by atoms with Crippen molar-refractivity contribution < 1.29 is 0 Å². The van der Waals surface area contributed by atoms with Crippen LogP contribution in [-0.2, 0) is 0 Å². The number of aromatic nitrogens is 3. The number of nitrogens with zero attached hydrogens (tertiary/aromatic N) is 3. The Morgan fingerprint density at radius 2 is 0.700 bits per heavy atom. The molecule has 0 unspecified atom stereocenters. The Morgan fingerprint density at radius 1 is 0.257 bits per heavy atom. The Bertz CT molecular complexity index is 4180. The van der Waals surface area contributed by atoms with E-state index in [9.17, 15) is 0 Å². The molecule has 0 atom stereocenters. The molecule has 0 spiro atoms. The van der Waals surface area contributed by atoms with Crippen LogP contribution in [0.15, 0.2) is 273 Å².